The molecule has 0 saturated heterocycles. The number of hydrazine groups is 1. The summed E-state index contributed by atoms with van der Waals surface area (Å²) >= 11 is 6.86. The van der Waals surface area contributed by atoms with Gasteiger partial charge in [-0.2, -0.15) is 0 Å². The lowest BCUT2D eigenvalue weighted by Crippen LogP contribution is -2.15. The summed E-state index contributed by atoms with van der Waals surface area (Å²) in [5.41, 5.74) is 5.11. The Morgan fingerprint density at radius 3 is 2.50 bits per heavy atom. The molecule has 2 rings (SSSR count). The lowest BCUT2D eigenvalue weighted by Gasteiger charge is -2.11. The fourth-order valence-electron chi connectivity index (χ4n) is 1.64. The molecular formula is C13H12Br2N4O. The van der Waals surface area contributed by atoms with E-state index in [1.54, 1.807) is 12.1 Å². The minimum absolute atomic E-state index is 0.278. The van der Waals surface area contributed by atoms with Gasteiger partial charge in [-0.05, 0) is 68.6 Å². The molecule has 1 aromatic carbocycles. The van der Waals surface area contributed by atoms with Gasteiger partial charge in [-0.15, -0.1) is 0 Å². The summed E-state index contributed by atoms with van der Waals surface area (Å²) in [4.78, 5) is 16.2. The van der Waals surface area contributed by atoms with Gasteiger partial charge in [-0.1, -0.05) is 0 Å². The quantitative estimate of drug-likeness (QED) is 0.545. The van der Waals surface area contributed by atoms with E-state index < -0.39 is 0 Å². The summed E-state index contributed by atoms with van der Waals surface area (Å²) in [6.07, 6.45) is 1.52. The number of hydrogen-bond acceptors (Lipinski definition) is 4. The van der Waals surface area contributed by atoms with Crippen molar-refractivity contribution in [1.82, 2.24) is 4.98 Å². The van der Waals surface area contributed by atoms with Crippen LogP contribution in [-0.4, -0.2) is 10.9 Å². The molecule has 7 heteroatoms. The average Bonchev–Trinajstić information content (AvgIpc) is 2.42. The Hall–Kier alpha value is -1.44. The molecule has 0 spiro atoms. The maximum Gasteiger partial charge on any atom is 0.274 e. The number of rotatable bonds is 3. The summed E-state index contributed by atoms with van der Waals surface area (Å²) in [6.45, 7) is 1.97. The Balaban J connectivity index is 2.28. The first-order valence-electron chi connectivity index (χ1n) is 5.71. The van der Waals surface area contributed by atoms with Crippen LogP contribution in [0.15, 0.2) is 39.4 Å². The van der Waals surface area contributed by atoms with E-state index in [2.05, 4.69) is 47.6 Å². The summed E-state index contributed by atoms with van der Waals surface area (Å²) in [7, 11) is 0. The minimum Gasteiger partial charge on any atom is -0.324 e. The highest BCUT2D eigenvalue weighted by Gasteiger charge is 2.13. The molecule has 0 unspecified atom stereocenters. The van der Waals surface area contributed by atoms with Crippen molar-refractivity contribution in [3.63, 3.8) is 0 Å². The van der Waals surface area contributed by atoms with Gasteiger partial charge in [0.25, 0.3) is 5.91 Å². The SMILES string of the molecule is Cc1cc(Br)c(NC(=O)c2cc(NN)ccn2)c(Br)c1. The molecule has 0 atom stereocenters. The van der Waals surface area contributed by atoms with Crippen molar-refractivity contribution in [1.29, 1.82) is 0 Å². The fourth-order valence-corrected chi connectivity index (χ4v) is 3.25. The van der Waals surface area contributed by atoms with Gasteiger partial charge in [-0.3, -0.25) is 15.6 Å². The molecule has 1 aromatic heterocycles. The molecule has 1 heterocycles. The van der Waals surface area contributed by atoms with Crippen LogP contribution in [-0.2, 0) is 0 Å². The zero-order chi connectivity index (χ0) is 14.7. The second-order valence-corrected chi connectivity index (χ2v) is 5.84. The molecule has 0 aliphatic carbocycles. The summed E-state index contributed by atoms with van der Waals surface area (Å²) in [5.74, 6) is 5.00. The first kappa shape index (κ1) is 15.0. The van der Waals surface area contributed by atoms with Crippen LogP contribution in [0.3, 0.4) is 0 Å². The molecule has 0 aliphatic heterocycles. The van der Waals surface area contributed by atoms with Gasteiger partial charge in [0.2, 0.25) is 0 Å². The van der Waals surface area contributed by atoms with Crippen molar-refractivity contribution in [3.8, 4) is 0 Å². The van der Waals surface area contributed by atoms with E-state index in [0.29, 0.717) is 11.4 Å². The number of aryl methyl sites for hydroxylation is 1. The van der Waals surface area contributed by atoms with Crippen molar-refractivity contribution in [2.45, 2.75) is 6.92 Å². The number of benzene rings is 1. The van der Waals surface area contributed by atoms with E-state index >= 15 is 0 Å². The monoisotopic (exact) mass is 398 g/mol. The number of carbonyl (C=O) groups excluding carboxylic acids is 1. The maximum absolute atomic E-state index is 12.2. The molecule has 104 valence electrons. The number of pyridine rings is 1. The highest BCUT2D eigenvalue weighted by Crippen LogP contribution is 2.32. The van der Waals surface area contributed by atoms with E-state index in [4.69, 9.17) is 5.84 Å². The van der Waals surface area contributed by atoms with Gasteiger partial charge >= 0.3 is 0 Å². The Labute approximate surface area is 133 Å². The first-order chi connectivity index (χ1) is 9.51. The molecule has 0 bridgehead atoms. The second-order valence-electron chi connectivity index (χ2n) is 4.13. The molecule has 5 nitrogen and oxygen atoms in total. The van der Waals surface area contributed by atoms with Gasteiger partial charge in [0, 0.05) is 15.1 Å². The lowest BCUT2D eigenvalue weighted by molar-refractivity contribution is 0.102. The van der Waals surface area contributed by atoms with Gasteiger partial charge < -0.3 is 10.7 Å². The van der Waals surface area contributed by atoms with Gasteiger partial charge in [-0.25, -0.2) is 0 Å². The molecule has 4 N–H and O–H groups in total. The third-order valence-corrected chi connectivity index (χ3v) is 3.84. The zero-order valence-electron chi connectivity index (χ0n) is 10.6. The summed E-state index contributed by atoms with van der Waals surface area (Å²) < 4.78 is 1.59. The maximum atomic E-state index is 12.2. The normalized spacial score (nSPS) is 10.2. The summed E-state index contributed by atoms with van der Waals surface area (Å²) in [6, 6.07) is 7.09. The van der Waals surface area contributed by atoms with E-state index in [1.165, 1.54) is 6.20 Å². The molecule has 0 fully saturated rings. The van der Waals surface area contributed by atoms with E-state index in [9.17, 15) is 4.79 Å². The molecule has 1 amide bonds. The van der Waals surface area contributed by atoms with Crippen LogP contribution in [0.5, 0.6) is 0 Å². The Bertz CT molecular complexity index is 638. The second kappa shape index (κ2) is 6.34. The molecule has 20 heavy (non-hydrogen) atoms. The average molecular weight is 400 g/mol. The highest BCUT2D eigenvalue weighted by atomic mass is 79.9. The number of halogens is 2. The predicted octanol–water partition coefficient (Wildman–Crippen LogP) is 3.45. The number of amides is 1. The zero-order valence-corrected chi connectivity index (χ0v) is 13.7. The predicted molar refractivity (Wildman–Crippen MR) is 86.6 cm³/mol. The van der Waals surface area contributed by atoms with Crippen molar-refractivity contribution in [2.24, 2.45) is 5.84 Å². The Kier molecular flexibility index (Phi) is 4.74. The highest BCUT2D eigenvalue weighted by molar-refractivity contribution is 9.11. The lowest BCUT2D eigenvalue weighted by atomic mass is 10.2. The number of nitrogens with zero attached hydrogens (tertiary/aromatic N) is 1. The van der Waals surface area contributed by atoms with E-state index in [1.807, 2.05) is 19.1 Å². The van der Waals surface area contributed by atoms with Crippen LogP contribution in [0, 0.1) is 6.92 Å². The van der Waals surface area contributed by atoms with Crippen LogP contribution in [0.4, 0.5) is 11.4 Å². The van der Waals surface area contributed by atoms with E-state index in [0.717, 1.165) is 14.5 Å². The van der Waals surface area contributed by atoms with Gasteiger partial charge in [0.15, 0.2) is 0 Å². The fraction of sp³-hybridized carbons (Fsp3) is 0.0769. The number of carbonyl (C=O) groups is 1. The molecule has 0 aliphatic rings. The molecule has 2 aromatic rings. The number of nitrogens with one attached hydrogen (secondary N) is 2. The van der Waals surface area contributed by atoms with E-state index in [-0.39, 0.29) is 11.6 Å². The standard InChI is InChI=1S/C13H12Br2N4O/c1-7-4-9(14)12(10(15)5-7)18-13(20)11-6-8(19-16)2-3-17-11/h2-6H,16H2,1H3,(H,17,19)(H,18,20). The van der Waals surface area contributed by atoms with Crippen LogP contribution >= 0.6 is 31.9 Å². The van der Waals surface area contributed by atoms with Crippen LogP contribution in [0.1, 0.15) is 16.1 Å². The molecular weight excluding hydrogens is 388 g/mol. The smallest absolute Gasteiger partial charge is 0.274 e. The Morgan fingerprint density at radius 1 is 1.25 bits per heavy atom. The number of hydrogen-bond donors (Lipinski definition) is 3. The summed E-state index contributed by atoms with van der Waals surface area (Å²) in [5, 5.41) is 2.81. The number of anilines is 2. The van der Waals surface area contributed by atoms with Crippen LogP contribution < -0.4 is 16.6 Å². The topological polar surface area (TPSA) is 80.0 Å². The minimum atomic E-state index is -0.313. The molecule has 0 saturated carbocycles. The number of aromatic nitrogens is 1. The van der Waals surface area contributed by atoms with Crippen LogP contribution in [0.25, 0.3) is 0 Å². The van der Waals surface area contributed by atoms with Crippen molar-refractivity contribution in [3.05, 3.63) is 50.7 Å². The van der Waals surface area contributed by atoms with Crippen LogP contribution in [0.2, 0.25) is 0 Å². The third kappa shape index (κ3) is 3.36. The third-order valence-electron chi connectivity index (χ3n) is 2.58. The first-order valence-corrected chi connectivity index (χ1v) is 7.29. The Morgan fingerprint density at radius 2 is 1.90 bits per heavy atom. The van der Waals surface area contributed by atoms with Crippen molar-refractivity contribution < 1.29 is 4.79 Å². The van der Waals surface area contributed by atoms with Gasteiger partial charge in [0.05, 0.1) is 11.4 Å². The van der Waals surface area contributed by atoms with Crippen molar-refractivity contribution >= 4 is 49.1 Å². The molecule has 0 radical (unpaired) electrons. The number of nitrogens with two attached hydrogens (primary N) is 1. The van der Waals surface area contributed by atoms with Crippen molar-refractivity contribution in [2.75, 3.05) is 10.7 Å². The van der Waals surface area contributed by atoms with Gasteiger partial charge in [0.1, 0.15) is 5.69 Å². The number of nitrogen functional groups attached to an aromatic ring is 1. The largest absolute Gasteiger partial charge is 0.324 e.